The van der Waals surface area contributed by atoms with Gasteiger partial charge in [-0.1, -0.05) is 22.9 Å². The molecule has 0 atom stereocenters. The zero-order valence-corrected chi connectivity index (χ0v) is 12.0. The summed E-state index contributed by atoms with van der Waals surface area (Å²) in [4.78, 5) is 0. The molecule has 1 N–H and O–H groups in total. The van der Waals surface area contributed by atoms with Gasteiger partial charge in [0.15, 0.2) is 0 Å². The summed E-state index contributed by atoms with van der Waals surface area (Å²) in [5, 5.41) is 3.38. The first-order valence-corrected chi connectivity index (χ1v) is 6.68. The molecule has 0 radical (unpaired) electrons. The summed E-state index contributed by atoms with van der Waals surface area (Å²) in [5.41, 5.74) is 1.17. The average Bonchev–Trinajstić information content (AvgIpc) is 2.32. The van der Waals surface area contributed by atoms with Crippen molar-refractivity contribution >= 4 is 15.9 Å². The normalized spacial score (nSPS) is 10.5. The first-order valence-electron chi connectivity index (χ1n) is 5.88. The summed E-state index contributed by atoms with van der Waals surface area (Å²) in [7, 11) is 1.68. The second-order valence-electron chi connectivity index (χ2n) is 3.77. The minimum atomic E-state index is 0.582. The lowest BCUT2D eigenvalue weighted by molar-refractivity contribution is 0.145. The van der Waals surface area contributed by atoms with E-state index in [1.165, 1.54) is 5.56 Å². The van der Waals surface area contributed by atoms with Gasteiger partial charge in [0, 0.05) is 23.7 Å². The summed E-state index contributed by atoms with van der Waals surface area (Å²) < 4.78 is 11.7. The van der Waals surface area contributed by atoms with Gasteiger partial charge in [0.1, 0.15) is 12.4 Å². The van der Waals surface area contributed by atoms with E-state index in [1.807, 2.05) is 12.1 Å². The van der Waals surface area contributed by atoms with E-state index in [4.69, 9.17) is 9.47 Å². The van der Waals surface area contributed by atoms with Gasteiger partial charge in [-0.15, -0.1) is 0 Å². The third kappa shape index (κ3) is 5.52. The molecule has 1 aromatic carbocycles. The molecule has 0 aliphatic rings. The number of methoxy groups -OCH3 is 1. The molecule has 1 aromatic rings. The molecule has 4 heteroatoms. The molecule has 0 aromatic heterocycles. The molecular weight excluding hydrogens is 282 g/mol. The molecule has 0 aliphatic carbocycles. The van der Waals surface area contributed by atoms with Crippen LogP contribution in [0.2, 0.25) is 0 Å². The molecule has 0 bridgehead atoms. The van der Waals surface area contributed by atoms with E-state index >= 15 is 0 Å². The van der Waals surface area contributed by atoms with Crippen LogP contribution in [0.15, 0.2) is 22.7 Å². The first-order chi connectivity index (χ1) is 8.27. The Kier molecular flexibility index (Phi) is 7.24. The van der Waals surface area contributed by atoms with E-state index in [9.17, 15) is 0 Å². The predicted octanol–water partition coefficient (Wildman–Crippen LogP) is 2.97. The summed E-state index contributed by atoms with van der Waals surface area (Å²) in [6.45, 7) is 5.19. The van der Waals surface area contributed by atoms with Gasteiger partial charge in [0.05, 0.1) is 6.61 Å². The van der Waals surface area contributed by atoms with Crippen LogP contribution in [0.5, 0.6) is 5.75 Å². The van der Waals surface area contributed by atoms with E-state index in [2.05, 4.69) is 34.2 Å². The number of nitrogens with one attached hydrogen (secondary N) is 1. The third-order valence-electron chi connectivity index (χ3n) is 2.31. The fourth-order valence-electron chi connectivity index (χ4n) is 1.46. The monoisotopic (exact) mass is 301 g/mol. The van der Waals surface area contributed by atoms with Crippen molar-refractivity contribution in [1.29, 1.82) is 0 Å². The number of rotatable bonds is 8. The Morgan fingerprint density at radius 3 is 2.82 bits per heavy atom. The maximum Gasteiger partial charge on any atom is 0.123 e. The Labute approximate surface area is 112 Å². The smallest absolute Gasteiger partial charge is 0.123 e. The Balaban J connectivity index is 2.59. The maximum absolute atomic E-state index is 5.68. The highest BCUT2D eigenvalue weighted by atomic mass is 79.9. The van der Waals surface area contributed by atoms with Crippen LogP contribution in [0.4, 0.5) is 0 Å². The maximum atomic E-state index is 5.68. The number of benzene rings is 1. The van der Waals surface area contributed by atoms with Gasteiger partial charge >= 0.3 is 0 Å². The summed E-state index contributed by atoms with van der Waals surface area (Å²) in [5.74, 6) is 0.925. The van der Waals surface area contributed by atoms with Crippen LogP contribution >= 0.6 is 15.9 Å². The van der Waals surface area contributed by atoms with Gasteiger partial charge in [-0.05, 0) is 31.2 Å². The van der Waals surface area contributed by atoms with Crippen molar-refractivity contribution in [2.45, 2.75) is 19.9 Å². The Morgan fingerprint density at radius 2 is 2.12 bits per heavy atom. The second kappa shape index (κ2) is 8.50. The Morgan fingerprint density at radius 1 is 1.29 bits per heavy atom. The molecule has 0 unspecified atom stereocenters. The quantitative estimate of drug-likeness (QED) is 0.749. The number of halogens is 1. The minimum absolute atomic E-state index is 0.582. The van der Waals surface area contributed by atoms with Crippen LogP contribution < -0.4 is 10.1 Å². The SMILES string of the molecule is CCCNCc1cc(Br)ccc1OCCOC. The average molecular weight is 302 g/mol. The zero-order valence-electron chi connectivity index (χ0n) is 10.5. The molecule has 17 heavy (non-hydrogen) atoms. The van der Waals surface area contributed by atoms with E-state index < -0.39 is 0 Å². The Hall–Kier alpha value is -0.580. The van der Waals surface area contributed by atoms with Crippen molar-refractivity contribution in [3.8, 4) is 5.75 Å². The third-order valence-corrected chi connectivity index (χ3v) is 2.80. The van der Waals surface area contributed by atoms with Gasteiger partial charge in [-0.2, -0.15) is 0 Å². The van der Waals surface area contributed by atoms with E-state index in [0.29, 0.717) is 13.2 Å². The van der Waals surface area contributed by atoms with Crippen molar-refractivity contribution in [1.82, 2.24) is 5.32 Å². The summed E-state index contributed by atoms with van der Waals surface area (Å²) in [6, 6.07) is 6.07. The highest BCUT2D eigenvalue weighted by Crippen LogP contribution is 2.23. The van der Waals surface area contributed by atoms with Crippen molar-refractivity contribution in [2.24, 2.45) is 0 Å². The predicted molar refractivity (Wildman–Crippen MR) is 73.5 cm³/mol. The molecule has 0 spiro atoms. The largest absolute Gasteiger partial charge is 0.491 e. The van der Waals surface area contributed by atoms with E-state index in [-0.39, 0.29) is 0 Å². The lowest BCUT2D eigenvalue weighted by Gasteiger charge is -2.12. The molecule has 0 aliphatic heterocycles. The highest BCUT2D eigenvalue weighted by molar-refractivity contribution is 9.10. The summed E-state index contributed by atoms with van der Waals surface area (Å²) in [6.07, 6.45) is 1.13. The summed E-state index contributed by atoms with van der Waals surface area (Å²) >= 11 is 3.48. The first kappa shape index (κ1) is 14.5. The van der Waals surface area contributed by atoms with Gasteiger partial charge < -0.3 is 14.8 Å². The van der Waals surface area contributed by atoms with Gasteiger partial charge in [0.25, 0.3) is 0 Å². The number of ether oxygens (including phenoxy) is 2. The van der Waals surface area contributed by atoms with Crippen molar-refractivity contribution in [3.63, 3.8) is 0 Å². The van der Waals surface area contributed by atoms with Gasteiger partial charge in [-0.25, -0.2) is 0 Å². The van der Waals surface area contributed by atoms with Crippen LogP contribution in [0.25, 0.3) is 0 Å². The molecule has 3 nitrogen and oxygen atoms in total. The van der Waals surface area contributed by atoms with Gasteiger partial charge in [0.2, 0.25) is 0 Å². The van der Waals surface area contributed by atoms with Crippen molar-refractivity contribution in [2.75, 3.05) is 26.9 Å². The van der Waals surface area contributed by atoms with Gasteiger partial charge in [-0.3, -0.25) is 0 Å². The molecule has 0 fully saturated rings. The molecule has 0 saturated carbocycles. The van der Waals surface area contributed by atoms with Crippen molar-refractivity contribution < 1.29 is 9.47 Å². The fourth-order valence-corrected chi connectivity index (χ4v) is 1.87. The molecule has 1 rings (SSSR count). The topological polar surface area (TPSA) is 30.5 Å². The molecular formula is C13H20BrNO2. The molecule has 0 heterocycles. The molecule has 0 saturated heterocycles. The van der Waals surface area contributed by atoms with E-state index in [0.717, 1.165) is 29.7 Å². The van der Waals surface area contributed by atoms with Crippen LogP contribution in [0.3, 0.4) is 0 Å². The lowest BCUT2D eigenvalue weighted by Crippen LogP contribution is -2.15. The number of hydrogen-bond acceptors (Lipinski definition) is 3. The van der Waals surface area contributed by atoms with Crippen LogP contribution in [0.1, 0.15) is 18.9 Å². The number of hydrogen-bond donors (Lipinski definition) is 1. The van der Waals surface area contributed by atoms with Crippen molar-refractivity contribution in [3.05, 3.63) is 28.2 Å². The van der Waals surface area contributed by atoms with Crippen LogP contribution in [0, 0.1) is 0 Å². The van der Waals surface area contributed by atoms with Crippen LogP contribution in [-0.4, -0.2) is 26.9 Å². The zero-order chi connectivity index (χ0) is 12.5. The van der Waals surface area contributed by atoms with Crippen LogP contribution in [-0.2, 0) is 11.3 Å². The second-order valence-corrected chi connectivity index (χ2v) is 4.69. The standard InChI is InChI=1S/C13H20BrNO2/c1-3-6-15-10-11-9-12(14)4-5-13(11)17-8-7-16-2/h4-5,9,15H,3,6-8,10H2,1-2H3. The van der Waals surface area contributed by atoms with E-state index in [1.54, 1.807) is 7.11 Å². The fraction of sp³-hybridized carbons (Fsp3) is 0.538. The molecule has 0 amide bonds. The minimum Gasteiger partial charge on any atom is -0.491 e. The molecule has 96 valence electrons. The highest BCUT2D eigenvalue weighted by Gasteiger charge is 2.04. The Bertz CT molecular complexity index is 331. The lowest BCUT2D eigenvalue weighted by atomic mass is 10.2.